The van der Waals surface area contributed by atoms with Gasteiger partial charge in [-0.2, -0.15) is 0 Å². The SMILES string of the molecule is O=C(c1cccc(F)c1F)c1c(F)cccc1F. The van der Waals surface area contributed by atoms with Crippen molar-refractivity contribution in [3.63, 3.8) is 0 Å². The number of carbonyl (C=O) groups is 1. The van der Waals surface area contributed by atoms with Crippen LogP contribution in [-0.4, -0.2) is 5.78 Å². The van der Waals surface area contributed by atoms with Crippen molar-refractivity contribution >= 4 is 5.78 Å². The number of hydrogen-bond acceptors (Lipinski definition) is 1. The van der Waals surface area contributed by atoms with Crippen LogP contribution in [0.3, 0.4) is 0 Å². The predicted molar refractivity (Wildman–Crippen MR) is 56.1 cm³/mol. The Morgan fingerprint density at radius 1 is 0.778 bits per heavy atom. The van der Waals surface area contributed by atoms with Gasteiger partial charge in [0.25, 0.3) is 0 Å². The highest BCUT2D eigenvalue weighted by Gasteiger charge is 2.22. The van der Waals surface area contributed by atoms with Crippen molar-refractivity contribution in [1.82, 2.24) is 0 Å². The minimum absolute atomic E-state index is 0.709. The van der Waals surface area contributed by atoms with E-state index in [0.29, 0.717) is 0 Å². The molecule has 0 N–H and O–H groups in total. The smallest absolute Gasteiger partial charge is 0.201 e. The molecule has 0 saturated carbocycles. The molecule has 2 aromatic rings. The van der Waals surface area contributed by atoms with Crippen molar-refractivity contribution in [1.29, 1.82) is 0 Å². The Balaban J connectivity index is 2.59. The molecule has 0 aliphatic rings. The van der Waals surface area contributed by atoms with Crippen LogP contribution in [0.15, 0.2) is 36.4 Å². The van der Waals surface area contributed by atoms with Crippen LogP contribution in [0, 0.1) is 23.3 Å². The summed E-state index contributed by atoms with van der Waals surface area (Å²) < 4.78 is 53.0. The Bertz CT molecular complexity index is 602. The summed E-state index contributed by atoms with van der Waals surface area (Å²) >= 11 is 0. The van der Waals surface area contributed by atoms with Crippen LogP contribution in [0.1, 0.15) is 15.9 Å². The number of ketones is 1. The first kappa shape index (κ1) is 12.3. The molecule has 0 unspecified atom stereocenters. The fourth-order valence-electron chi connectivity index (χ4n) is 1.53. The quantitative estimate of drug-likeness (QED) is 0.592. The minimum atomic E-state index is -1.43. The van der Waals surface area contributed by atoms with Gasteiger partial charge in [0.2, 0.25) is 5.78 Å². The van der Waals surface area contributed by atoms with E-state index >= 15 is 0 Å². The zero-order chi connectivity index (χ0) is 13.3. The van der Waals surface area contributed by atoms with Crippen molar-refractivity contribution in [2.24, 2.45) is 0 Å². The van der Waals surface area contributed by atoms with E-state index in [9.17, 15) is 22.4 Å². The zero-order valence-electron chi connectivity index (χ0n) is 8.88. The van der Waals surface area contributed by atoms with E-state index in [2.05, 4.69) is 0 Å². The van der Waals surface area contributed by atoms with Crippen LogP contribution in [0.25, 0.3) is 0 Å². The molecule has 2 aromatic carbocycles. The van der Waals surface area contributed by atoms with Crippen LogP contribution in [0.4, 0.5) is 17.6 Å². The topological polar surface area (TPSA) is 17.1 Å². The van der Waals surface area contributed by atoms with E-state index in [4.69, 9.17) is 0 Å². The molecule has 92 valence electrons. The molecule has 0 saturated heterocycles. The van der Waals surface area contributed by atoms with E-state index in [-0.39, 0.29) is 0 Å². The molecule has 0 spiro atoms. The average molecular weight is 254 g/mol. The first-order valence-corrected chi connectivity index (χ1v) is 4.95. The lowest BCUT2D eigenvalue weighted by Crippen LogP contribution is -2.10. The number of hydrogen-bond donors (Lipinski definition) is 0. The lowest BCUT2D eigenvalue weighted by Gasteiger charge is -2.05. The number of benzene rings is 2. The van der Waals surface area contributed by atoms with Gasteiger partial charge in [-0.25, -0.2) is 17.6 Å². The lowest BCUT2D eigenvalue weighted by molar-refractivity contribution is 0.102. The van der Waals surface area contributed by atoms with Gasteiger partial charge in [0, 0.05) is 0 Å². The maximum atomic E-state index is 13.4. The predicted octanol–water partition coefficient (Wildman–Crippen LogP) is 3.47. The molecule has 1 nitrogen and oxygen atoms in total. The molecular formula is C13H6F4O. The fraction of sp³-hybridized carbons (Fsp3) is 0. The number of rotatable bonds is 2. The third-order valence-electron chi connectivity index (χ3n) is 2.39. The van der Waals surface area contributed by atoms with Crippen molar-refractivity contribution in [2.45, 2.75) is 0 Å². The molecule has 0 aliphatic carbocycles. The third-order valence-corrected chi connectivity index (χ3v) is 2.39. The summed E-state index contributed by atoms with van der Waals surface area (Å²) in [6.45, 7) is 0. The van der Waals surface area contributed by atoms with Gasteiger partial charge in [-0.15, -0.1) is 0 Å². The van der Waals surface area contributed by atoms with E-state index in [1.54, 1.807) is 0 Å². The summed E-state index contributed by atoms with van der Waals surface area (Å²) in [5.74, 6) is -6.15. The van der Waals surface area contributed by atoms with Gasteiger partial charge in [0.15, 0.2) is 11.6 Å². The molecular weight excluding hydrogens is 248 g/mol. The molecule has 0 aliphatic heterocycles. The molecule has 0 aromatic heterocycles. The maximum absolute atomic E-state index is 13.4. The molecule has 0 bridgehead atoms. The monoisotopic (exact) mass is 254 g/mol. The number of halogens is 4. The summed E-state index contributed by atoms with van der Waals surface area (Å²) in [4.78, 5) is 11.8. The van der Waals surface area contributed by atoms with Crippen LogP contribution in [-0.2, 0) is 0 Å². The standard InChI is InChI=1S/C13H6F4O/c14-8-4-2-5-9(15)11(8)13(18)7-3-1-6-10(16)12(7)17/h1-6H. The summed E-state index contributed by atoms with van der Waals surface area (Å²) in [6, 6.07) is 5.67. The Labute approximate surface area is 99.7 Å². The molecule has 2 rings (SSSR count). The van der Waals surface area contributed by atoms with Crippen LogP contribution in [0.2, 0.25) is 0 Å². The van der Waals surface area contributed by atoms with Gasteiger partial charge >= 0.3 is 0 Å². The lowest BCUT2D eigenvalue weighted by atomic mass is 10.0. The zero-order valence-corrected chi connectivity index (χ0v) is 8.88. The minimum Gasteiger partial charge on any atom is -0.288 e. The van der Waals surface area contributed by atoms with Gasteiger partial charge in [-0.1, -0.05) is 12.1 Å². The van der Waals surface area contributed by atoms with E-state index in [1.807, 2.05) is 0 Å². The summed E-state index contributed by atoms with van der Waals surface area (Å²) in [5, 5.41) is 0. The molecule has 5 heteroatoms. The molecule has 0 heterocycles. The van der Waals surface area contributed by atoms with Crippen molar-refractivity contribution < 1.29 is 22.4 Å². The maximum Gasteiger partial charge on any atom is 0.201 e. The molecule has 0 radical (unpaired) electrons. The second-order valence-electron chi connectivity index (χ2n) is 3.53. The normalized spacial score (nSPS) is 10.4. The first-order valence-electron chi connectivity index (χ1n) is 4.95. The van der Waals surface area contributed by atoms with Crippen LogP contribution >= 0.6 is 0 Å². The van der Waals surface area contributed by atoms with Gasteiger partial charge in [-0.05, 0) is 24.3 Å². The molecule has 0 amide bonds. The average Bonchev–Trinajstić information content (AvgIpc) is 2.32. The van der Waals surface area contributed by atoms with E-state index < -0.39 is 40.2 Å². The molecule has 18 heavy (non-hydrogen) atoms. The highest BCUT2D eigenvalue weighted by molar-refractivity contribution is 6.09. The van der Waals surface area contributed by atoms with Crippen LogP contribution in [0.5, 0.6) is 0 Å². The Kier molecular flexibility index (Phi) is 3.14. The second-order valence-corrected chi connectivity index (χ2v) is 3.53. The van der Waals surface area contributed by atoms with Crippen molar-refractivity contribution in [3.8, 4) is 0 Å². The Morgan fingerprint density at radius 3 is 1.89 bits per heavy atom. The van der Waals surface area contributed by atoms with Crippen LogP contribution < -0.4 is 0 Å². The van der Waals surface area contributed by atoms with E-state index in [0.717, 1.165) is 36.4 Å². The second kappa shape index (κ2) is 4.60. The Hall–Kier alpha value is -2.17. The highest BCUT2D eigenvalue weighted by atomic mass is 19.2. The molecule has 0 fully saturated rings. The first-order chi connectivity index (χ1) is 8.52. The summed E-state index contributed by atoms with van der Waals surface area (Å²) in [6.07, 6.45) is 0. The summed E-state index contributed by atoms with van der Waals surface area (Å²) in [7, 11) is 0. The number of carbonyl (C=O) groups excluding carboxylic acids is 1. The van der Waals surface area contributed by atoms with Gasteiger partial charge in [0.05, 0.1) is 11.1 Å². The van der Waals surface area contributed by atoms with Gasteiger partial charge < -0.3 is 0 Å². The third kappa shape index (κ3) is 1.99. The Morgan fingerprint density at radius 2 is 1.28 bits per heavy atom. The molecule has 0 atom stereocenters. The highest BCUT2D eigenvalue weighted by Crippen LogP contribution is 2.20. The van der Waals surface area contributed by atoms with Gasteiger partial charge in [0.1, 0.15) is 11.6 Å². The summed E-state index contributed by atoms with van der Waals surface area (Å²) in [5.41, 5.74) is -1.61. The van der Waals surface area contributed by atoms with Crippen molar-refractivity contribution in [2.75, 3.05) is 0 Å². The van der Waals surface area contributed by atoms with Gasteiger partial charge in [-0.3, -0.25) is 4.79 Å². The largest absolute Gasteiger partial charge is 0.288 e. The fourth-order valence-corrected chi connectivity index (χ4v) is 1.53. The van der Waals surface area contributed by atoms with Crippen molar-refractivity contribution in [3.05, 3.63) is 70.8 Å². The van der Waals surface area contributed by atoms with E-state index in [1.165, 1.54) is 0 Å².